The van der Waals surface area contributed by atoms with Crippen molar-refractivity contribution in [1.82, 2.24) is 10.2 Å². The van der Waals surface area contributed by atoms with Crippen LogP contribution in [0.25, 0.3) is 0 Å². The summed E-state index contributed by atoms with van der Waals surface area (Å²) in [5.74, 6) is 5.05. The van der Waals surface area contributed by atoms with Crippen LogP contribution < -0.4 is 11.5 Å². The van der Waals surface area contributed by atoms with Crippen LogP contribution in [0.5, 0.6) is 0 Å². The van der Waals surface area contributed by atoms with Gasteiger partial charge in [0.15, 0.2) is 0 Å². The van der Waals surface area contributed by atoms with E-state index >= 15 is 0 Å². The average Bonchev–Trinajstić information content (AvgIpc) is 2.08. The topological polar surface area (TPSA) is 94.9 Å². The lowest BCUT2D eigenvalue weighted by Crippen LogP contribution is -2.08. The molecule has 0 saturated carbocycles. The molecule has 0 saturated heterocycles. The fourth-order valence-corrected chi connectivity index (χ4v) is 0.631. The summed E-state index contributed by atoms with van der Waals surface area (Å²) in [6, 6.07) is 3.21. The third-order valence-electron chi connectivity index (χ3n) is 1.16. The van der Waals surface area contributed by atoms with Crippen molar-refractivity contribution in [2.24, 2.45) is 5.73 Å². The van der Waals surface area contributed by atoms with E-state index in [4.69, 9.17) is 11.5 Å². The molecule has 5 heteroatoms. The van der Waals surface area contributed by atoms with E-state index in [2.05, 4.69) is 22.0 Å². The van der Waals surface area contributed by atoms with Gasteiger partial charge in [-0.15, -0.1) is 10.2 Å². The second-order valence-electron chi connectivity index (χ2n) is 2.29. The molecule has 0 atom stereocenters. The van der Waals surface area contributed by atoms with Gasteiger partial charge in [0.2, 0.25) is 5.91 Å². The number of nitrogen functional groups attached to an aromatic ring is 1. The minimum Gasteiger partial charge on any atom is -0.382 e. The Morgan fingerprint density at radius 3 is 2.77 bits per heavy atom. The number of hydrogen-bond acceptors (Lipinski definition) is 4. The van der Waals surface area contributed by atoms with Crippen molar-refractivity contribution in [3.63, 3.8) is 0 Å². The number of nitrogens with two attached hydrogens (primary N) is 2. The van der Waals surface area contributed by atoms with Crippen LogP contribution in [0, 0.1) is 11.8 Å². The van der Waals surface area contributed by atoms with E-state index in [9.17, 15) is 4.79 Å². The molecular formula is C8H8N4O. The van der Waals surface area contributed by atoms with Crippen molar-refractivity contribution in [2.45, 2.75) is 6.42 Å². The van der Waals surface area contributed by atoms with Crippen LogP contribution in [0.3, 0.4) is 0 Å². The first-order chi connectivity index (χ1) is 6.18. The third-order valence-corrected chi connectivity index (χ3v) is 1.16. The van der Waals surface area contributed by atoms with Crippen molar-refractivity contribution in [2.75, 3.05) is 5.73 Å². The van der Waals surface area contributed by atoms with E-state index in [-0.39, 0.29) is 6.42 Å². The van der Waals surface area contributed by atoms with Crippen molar-refractivity contribution in [3.05, 3.63) is 17.8 Å². The highest BCUT2D eigenvalue weighted by molar-refractivity contribution is 5.76. The van der Waals surface area contributed by atoms with E-state index in [1.807, 2.05) is 0 Å². The lowest BCUT2D eigenvalue weighted by molar-refractivity contribution is -0.117. The molecule has 4 N–H and O–H groups in total. The Hall–Kier alpha value is -2.09. The van der Waals surface area contributed by atoms with Gasteiger partial charge in [0, 0.05) is 0 Å². The lowest BCUT2D eigenvalue weighted by atomic mass is 10.3. The summed E-state index contributed by atoms with van der Waals surface area (Å²) < 4.78 is 0. The summed E-state index contributed by atoms with van der Waals surface area (Å²) in [5, 5.41) is 7.26. The summed E-state index contributed by atoms with van der Waals surface area (Å²) in [6.45, 7) is 0. The number of rotatable bonds is 1. The van der Waals surface area contributed by atoms with Crippen LogP contribution in [-0.2, 0) is 4.79 Å². The molecule has 5 nitrogen and oxygen atoms in total. The largest absolute Gasteiger partial charge is 0.382 e. The second kappa shape index (κ2) is 4.07. The van der Waals surface area contributed by atoms with E-state index in [0.717, 1.165) is 0 Å². The smallest absolute Gasteiger partial charge is 0.229 e. The average molecular weight is 176 g/mol. The number of nitrogens with zero attached hydrogens (tertiary/aromatic N) is 2. The fourth-order valence-electron chi connectivity index (χ4n) is 0.631. The van der Waals surface area contributed by atoms with E-state index in [1.54, 1.807) is 12.1 Å². The monoisotopic (exact) mass is 176 g/mol. The normalized spacial score (nSPS) is 8.62. The van der Waals surface area contributed by atoms with Crippen LogP contribution in [-0.4, -0.2) is 16.1 Å². The first-order valence-corrected chi connectivity index (χ1v) is 3.55. The van der Waals surface area contributed by atoms with Crippen molar-refractivity contribution >= 4 is 11.7 Å². The van der Waals surface area contributed by atoms with E-state index < -0.39 is 5.91 Å². The Bertz CT molecular complexity index is 360. The molecule has 1 aromatic rings. The minimum absolute atomic E-state index is 0.0199. The molecule has 0 aromatic carbocycles. The maximum Gasteiger partial charge on any atom is 0.229 e. The maximum atomic E-state index is 10.3. The highest BCUT2D eigenvalue weighted by Gasteiger charge is 1.90. The van der Waals surface area contributed by atoms with Gasteiger partial charge in [-0.3, -0.25) is 4.79 Å². The maximum absolute atomic E-state index is 10.3. The van der Waals surface area contributed by atoms with E-state index in [0.29, 0.717) is 11.5 Å². The van der Waals surface area contributed by atoms with Gasteiger partial charge in [0.25, 0.3) is 0 Å². The zero-order valence-electron chi connectivity index (χ0n) is 6.82. The molecule has 1 heterocycles. The van der Waals surface area contributed by atoms with Crippen LogP contribution in [0.4, 0.5) is 5.82 Å². The van der Waals surface area contributed by atoms with Crippen molar-refractivity contribution in [3.8, 4) is 11.8 Å². The fraction of sp³-hybridized carbons (Fsp3) is 0.125. The Labute approximate surface area is 75.1 Å². The number of carbonyl (C=O) groups excluding carboxylic acids is 1. The molecular weight excluding hydrogens is 168 g/mol. The van der Waals surface area contributed by atoms with Gasteiger partial charge < -0.3 is 11.5 Å². The molecule has 66 valence electrons. The molecule has 0 aliphatic rings. The number of aromatic nitrogens is 2. The number of amides is 1. The van der Waals surface area contributed by atoms with Crippen molar-refractivity contribution < 1.29 is 4.79 Å². The summed E-state index contributed by atoms with van der Waals surface area (Å²) in [6.07, 6.45) is 0.0199. The molecule has 0 spiro atoms. The molecule has 1 rings (SSSR count). The molecule has 0 bridgehead atoms. The predicted octanol–water partition coefficient (Wildman–Crippen LogP) is -0.714. The van der Waals surface area contributed by atoms with Crippen LogP contribution in [0.2, 0.25) is 0 Å². The number of anilines is 1. The van der Waals surface area contributed by atoms with Gasteiger partial charge in [-0.05, 0) is 18.1 Å². The Balaban J connectivity index is 2.67. The van der Waals surface area contributed by atoms with Gasteiger partial charge in [-0.25, -0.2) is 0 Å². The van der Waals surface area contributed by atoms with Gasteiger partial charge in [-0.2, -0.15) is 0 Å². The second-order valence-corrected chi connectivity index (χ2v) is 2.29. The Kier molecular flexibility index (Phi) is 2.82. The van der Waals surface area contributed by atoms with Gasteiger partial charge in [0.1, 0.15) is 11.5 Å². The standard InChI is InChI=1S/C8H8N4O/c9-7-5-4-6(11-12-7)2-1-3-8(10)13/h4-5H,3H2,(H2,9,12)(H2,10,13). The van der Waals surface area contributed by atoms with Crippen LogP contribution in [0.15, 0.2) is 12.1 Å². The zero-order valence-corrected chi connectivity index (χ0v) is 6.82. The number of primary amides is 1. The molecule has 0 fully saturated rings. The highest BCUT2D eigenvalue weighted by Crippen LogP contribution is 1.94. The van der Waals surface area contributed by atoms with Crippen molar-refractivity contribution in [1.29, 1.82) is 0 Å². The SMILES string of the molecule is NC(=O)CC#Cc1ccc(N)nn1. The molecule has 1 amide bonds. The highest BCUT2D eigenvalue weighted by atomic mass is 16.1. The molecule has 0 aliphatic carbocycles. The quantitative estimate of drug-likeness (QED) is 0.552. The molecule has 0 radical (unpaired) electrons. The Morgan fingerprint density at radius 1 is 1.46 bits per heavy atom. The van der Waals surface area contributed by atoms with Gasteiger partial charge in [0.05, 0.1) is 6.42 Å². The summed E-state index contributed by atoms with van der Waals surface area (Å²) >= 11 is 0. The molecule has 13 heavy (non-hydrogen) atoms. The van der Waals surface area contributed by atoms with E-state index in [1.165, 1.54) is 0 Å². The third kappa shape index (κ3) is 3.20. The van der Waals surface area contributed by atoms with Crippen LogP contribution >= 0.6 is 0 Å². The molecule has 0 aliphatic heterocycles. The van der Waals surface area contributed by atoms with Gasteiger partial charge >= 0.3 is 0 Å². The lowest BCUT2D eigenvalue weighted by Gasteiger charge is -1.88. The van der Waals surface area contributed by atoms with Gasteiger partial charge in [-0.1, -0.05) is 5.92 Å². The first kappa shape index (κ1) is 9.00. The Morgan fingerprint density at radius 2 is 2.23 bits per heavy atom. The number of carbonyl (C=O) groups is 1. The molecule has 1 aromatic heterocycles. The summed E-state index contributed by atoms with van der Waals surface area (Å²) in [5.41, 5.74) is 10.7. The zero-order chi connectivity index (χ0) is 9.68. The molecule has 0 unspecified atom stereocenters. The first-order valence-electron chi connectivity index (χ1n) is 3.55. The summed E-state index contributed by atoms with van der Waals surface area (Å²) in [7, 11) is 0. The number of hydrogen-bond donors (Lipinski definition) is 2. The summed E-state index contributed by atoms with van der Waals surface area (Å²) in [4.78, 5) is 10.3. The minimum atomic E-state index is -0.462. The van der Waals surface area contributed by atoms with Crippen LogP contribution in [0.1, 0.15) is 12.1 Å². The predicted molar refractivity (Wildman–Crippen MR) is 47.1 cm³/mol.